The van der Waals surface area contributed by atoms with Gasteiger partial charge < -0.3 is 5.32 Å². The van der Waals surface area contributed by atoms with Gasteiger partial charge in [-0.05, 0) is 35.7 Å². The van der Waals surface area contributed by atoms with Gasteiger partial charge in [0.05, 0.1) is 6.07 Å². The molecule has 0 fully saturated rings. The minimum atomic E-state index is -0.0530. The first-order chi connectivity index (χ1) is 9.31. The monoisotopic (exact) mass is 252 g/mol. The highest BCUT2D eigenvalue weighted by Gasteiger charge is 2.05. The van der Waals surface area contributed by atoms with E-state index in [1.165, 1.54) is 0 Å². The van der Waals surface area contributed by atoms with E-state index in [1.54, 1.807) is 0 Å². The van der Waals surface area contributed by atoms with Crippen LogP contribution in [0.2, 0.25) is 0 Å². The maximum Gasteiger partial charge on any atom is 0.251 e. The van der Waals surface area contributed by atoms with Gasteiger partial charge >= 0.3 is 0 Å². The summed E-state index contributed by atoms with van der Waals surface area (Å²) in [5.74, 6) is -0.0530. The van der Waals surface area contributed by atoms with Crippen LogP contribution in [0, 0.1) is 11.3 Å². The quantitative estimate of drug-likeness (QED) is 0.830. The van der Waals surface area contributed by atoms with Crippen molar-refractivity contribution in [2.24, 2.45) is 0 Å². The highest BCUT2D eigenvalue weighted by atomic mass is 16.1. The van der Waals surface area contributed by atoms with Crippen LogP contribution in [0.5, 0.6) is 0 Å². The molecule has 3 nitrogen and oxygen atoms in total. The number of hydrogen-bond donors (Lipinski definition) is 1. The van der Waals surface area contributed by atoms with Crippen molar-refractivity contribution in [3.63, 3.8) is 0 Å². The molecule has 0 heterocycles. The highest BCUT2D eigenvalue weighted by molar-refractivity contribution is 5.98. The topological polar surface area (TPSA) is 52.9 Å². The lowest BCUT2D eigenvalue weighted by atomic mass is 10.1. The lowest BCUT2D eigenvalue weighted by Gasteiger charge is -2.05. The molecule has 0 radical (unpaired) electrons. The molecule has 1 amide bonds. The summed E-state index contributed by atoms with van der Waals surface area (Å²) in [7, 11) is 0. The molecular weight excluding hydrogens is 236 g/mol. The van der Waals surface area contributed by atoms with E-state index >= 15 is 0 Å². The number of rotatable bonds is 5. The minimum absolute atomic E-state index is 0.0530. The summed E-state index contributed by atoms with van der Waals surface area (Å²) in [4.78, 5) is 11.9. The Hall–Kier alpha value is -2.34. The van der Waals surface area contributed by atoms with Crippen LogP contribution in [0.1, 0.15) is 29.6 Å². The van der Waals surface area contributed by atoms with E-state index in [4.69, 9.17) is 5.26 Å². The molecule has 2 aromatic rings. The number of hydrogen-bond acceptors (Lipinski definition) is 2. The molecule has 2 aromatic carbocycles. The van der Waals surface area contributed by atoms with Gasteiger partial charge in [0, 0.05) is 18.5 Å². The van der Waals surface area contributed by atoms with E-state index < -0.39 is 0 Å². The first-order valence-corrected chi connectivity index (χ1v) is 6.45. The Bertz CT molecular complexity index is 613. The molecule has 19 heavy (non-hydrogen) atoms. The van der Waals surface area contributed by atoms with Crippen molar-refractivity contribution in [3.05, 3.63) is 48.0 Å². The lowest BCUT2D eigenvalue weighted by molar-refractivity contribution is 0.0953. The van der Waals surface area contributed by atoms with Gasteiger partial charge in [0.1, 0.15) is 0 Å². The van der Waals surface area contributed by atoms with Crippen LogP contribution < -0.4 is 5.32 Å². The van der Waals surface area contributed by atoms with Crippen molar-refractivity contribution in [1.29, 1.82) is 5.26 Å². The number of nitrogens with one attached hydrogen (secondary N) is 1. The second-order valence-electron chi connectivity index (χ2n) is 4.43. The number of fused-ring (bicyclic) bond motifs is 1. The van der Waals surface area contributed by atoms with Gasteiger partial charge in [-0.3, -0.25) is 4.79 Å². The second-order valence-corrected chi connectivity index (χ2v) is 4.43. The first-order valence-electron chi connectivity index (χ1n) is 6.45. The summed E-state index contributed by atoms with van der Waals surface area (Å²) in [6, 6.07) is 15.8. The molecule has 3 heteroatoms. The highest BCUT2D eigenvalue weighted by Crippen LogP contribution is 2.15. The molecule has 0 saturated carbocycles. The van der Waals surface area contributed by atoms with Crippen molar-refractivity contribution in [2.45, 2.75) is 19.3 Å². The molecular formula is C16H16N2O. The van der Waals surface area contributed by atoms with Gasteiger partial charge in [-0.1, -0.05) is 30.3 Å². The maximum absolute atomic E-state index is 11.9. The molecule has 0 aliphatic rings. The average molecular weight is 252 g/mol. The second kappa shape index (κ2) is 6.55. The van der Waals surface area contributed by atoms with E-state index in [0.717, 1.165) is 23.6 Å². The van der Waals surface area contributed by atoms with Crippen LogP contribution in [-0.4, -0.2) is 12.5 Å². The number of nitriles is 1. The average Bonchev–Trinajstić information content (AvgIpc) is 2.46. The predicted molar refractivity (Wildman–Crippen MR) is 75.7 cm³/mol. The van der Waals surface area contributed by atoms with Gasteiger partial charge in [-0.25, -0.2) is 0 Å². The van der Waals surface area contributed by atoms with Gasteiger partial charge in [0.2, 0.25) is 0 Å². The molecule has 0 atom stereocenters. The molecule has 0 aromatic heterocycles. The van der Waals surface area contributed by atoms with Crippen LogP contribution >= 0.6 is 0 Å². The fraction of sp³-hybridized carbons (Fsp3) is 0.250. The number of benzene rings is 2. The van der Waals surface area contributed by atoms with E-state index in [9.17, 15) is 4.79 Å². The molecule has 1 N–H and O–H groups in total. The van der Waals surface area contributed by atoms with Gasteiger partial charge in [0.15, 0.2) is 0 Å². The summed E-state index contributed by atoms with van der Waals surface area (Å²) < 4.78 is 0. The van der Waals surface area contributed by atoms with Crippen molar-refractivity contribution in [1.82, 2.24) is 5.32 Å². The van der Waals surface area contributed by atoms with Crippen molar-refractivity contribution in [3.8, 4) is 6.07 Å². The first kappa shape index (κ1) is 13.1. The number of amides is 1. The summed E-state index contributed by atoms with van der Waals surface area (Å²) in [6.45, 7) is 0.618. The van der Waals surface area contributed by atoms with Crippen LogP contribution in [-0.2, 0) is 0 Å². The van der Waals surface area contributed by atoms with Crippen LogP contribution in [0.15, 0.2) is 42.5 Å². The molecule has 0 spiro atoms. The van der Waals surface area contributed by atoms with Gasteiger partial charge in [-0.2, -0.15) is 5.26 Å². The summed E-state index contributed by atoms with van der Waals surface area (Å²) in [5.41, 5.74) is 0.680. The van der Waals surface area contributed by atoms with E-state index in [2.05, 4.69) is 11.4 Å². The van der Waals surface area contributed by atoms with E-state index in [0.29, 0.717) is 18.5 Å². The molecule has 0 aliphatic heterocycles. The normalized spacial score (nSPS) is 10.1. The lowest BCUT2D eigenvalue weighted by Crippen LogP contribution is -2.24. The number of carbonyl (C=O) groups excluding carboxylic acids is 1. The molecule has 0 bridgehead atoms. The zero-order chi connectivity index (χ0) is 13.5. The summed E-state index contributed by atoms with van der Waals surface area (Å²) >= 11 is 0. The molecule has 0 saturated heterocycles. The Labute approximate surface area is 112 Å². The Morgan fingerprint density at radius 2 is 1.89 bits per heavy atom. The fourth-order valence-electron chi connectivity index (χ4n) is 1.96. The summed E-state index contributed by atoms with van der Waals surface area (Å²) in [5, 5.41) is 13.5. The summed E-state index contributed by atoms with van der Waals surface area (Å²) in [6.07, 6.45) is 2.22. The third kappa shape index (κ3) is 3.56. The zero-order valence-corrected chi connectivity index (χ0v) is 10.7. The zero-order valence-electron chi connectivity index (χ0n) is 10.7. The number of carbonyl (C=O) groups is 1. The standard InChI is InChI=1S/C16H16N2O/c17-10-4-1-5-11-18-16(19)15-9-8-13-6-2-3-7-14(13)12-15/h2-3,6-9,12H,1,4-5,11H2,(H,18,19). The third-order valence-corrected chi connectivity index (χ3v) is 3.01. The maximum atomic E-state index is 11.9. The van der Waals surface area contributed by atoms with E-state index in [-0.39, 0.29) is 5.91 Å². The predicted octanol–water partition coefficient (Wildman–Crippen LogP) is 3.26. The van der Waals surface area contributed by atoms with Crippen LogP contribution in [0.25, 0.3) is 10.8 Å². The van der Waals surface area contributed by atoms with Crippen molar-refractivity contribution in [2.75, 3.05) is 6.54 Å². The molecule has 0 unspecified atom stereocenters. The fourth-order valence-corrected chi connectivity index (χ4v) is 1.96. The third-order valence-electron chi connectivity index (χ3n) is 3.01. The van der Waals surface area contributed by atoms with Crippen LogP contribution in [0.4, 0.5) is 0 Å². The van der Waals surface area contributed by atoms with Crippen LogP contribution in [0.3, 0.4) is 0 Å². The SMILES string of the molecule is N#CCCCCNC(=O)c1ccc2ccccc2c1. The smallest absolute Gasteiger partial charge is 0.251 e. The Morgan fingerprint density at radius 3 is 2.68 bits per heavy atom. The minimum Gasteiger partial charge on any atom is -0.352 e. The Morgan fingerprint density at radius 1 is 1.11 bits per heavy atom. The molecule has 0 aliphatic carbocycles. The Balaban J connectivity index is 1.96. The van der Waals surface area contributed by atoms with Gasteiger partial charge in [-0.15, -0.1) is 0 Å². The number of nitrogens with zero attached hydrogens (tertiary/aromatic N) is 1. The molecule has 96 valence electrons. The van der Waals surface area contributed by atoms with E-state index in [1.807, 2.05) is 42.5 Å². The van der Waals surface area contributed by atoms with Crippen molar-refractivity contribution >= 4 is 16.7 Å². The Kier molecular flexibility index (Phi) is 4.52. The largest absolute Gasteiger partial charge is 0.352 e. The van der Waals surface area contributed by atoms with Crippen molar-refractivity contribution < 1.29 is 4.79 Å². The number of unbranched alkanes of at least 4 members (excludes halogenated alkanes) is 2. The van der Waals surface area contributed by atoms with Gasteiger partial charge in [0.25, 0.3) is 5.91 Å². The molecule has 2 rings (SSSR count).